The van der Waals surface area contributed by atoms with Gasteiger partial charge in [0.2, 0.25) is 0 Å². The molecule has 0 amide bonds. The van der Waals surface area contributed by atoms with Crippen molar-refractivity contribution in [2.75, 3.05) is 6.54 Å². The summed E-state index contributed by atoms with van der Waals surface area (Å²) in [6, 6.07) is 3.04. The molecule has 0 bridgehead atoms. The van der Waals surface area contributed by atoms with Crippen molar-refractivity contribution >= 4 is 0 Å². The zero-order valence-electron chi connectivity index (χ0n) is 11.3. The van der Waals surface area contributed by atoms with Gasteiger partial charge in [0.1, 0.15) is 17.5 Å². The van der Waals surface area contributed by atoms with Crippen molar-refractivity contribution in [1.82, 2.24) is 10.3 Å². The van der Waals surface area contributed by atoms with E-state index in [1.807, 2.05) is 6.92 Å². The van der Waals surface area contributed by atoms with E-state index in [1.54, 1.807) is 6.92 Å². The monoisotopic (exact) mass is 280 g/mol. The van der Waals surface area contributed by atoms with Crippen LogP contribution in [0.2, 0.25) is 0 Å². The Labute approximate surface area is 115 Å². The van der Waals surface area contributed by atoms with Gasteiger partial charge in [0.05, 0.1) is 12.2 Å². The molecular formula is C15H15F3N2. The van der Waals surface area contributed by atoms with E-state index in [2.05, 4.69) is 10.3 Å². The predicted molar refractivity (Wildman–Crippen MR) is 70.8 cm³/mol. The largest absolute Gasteiger partial charge is 0.306 e. The highest BCUT2D eigenvalue weighted by atomic mass is 19.1. The minimum Gasteiger partial charge on any atom is -0.306 e. The summed E-state index contributed by atoms with van der Waals surface area (Å²) < 4.78 is 41.5. The Hall–Kier alpha value is -1.88. The summed E-state index contributed by atoms with van der Waals surface area (Å²) in [5, 5.41) is 2.96. The van der Waals surface area contributed by atoms with Gasteiger partial charge in [-0.3, -0.25) is 4.98 Å². The molecule has 1 aromatic carbocycles. The normalized spacial score (nSPS) is 12.4. The number of benzene rings is 1. The molecule has 1 heterocycles. The Kier molecular flexibility index (Phi) is 4.39. The van der Waals surface area contributed by atoms with E-state index in [0.717, 1.165) is 6.20 Å². The van der Waals surface area contributed by atoms with Gasteiger partial charge >= 0.3 is 0 Å². The third-order valence-electron chi connectivity index (χ3n) is 3.08. The van der Waals surface area contributed by atoms with Gasteiger partial charge in [-0.15, -0.1) is 0 Å². The Bertz CT molecular complexity index is 614. The third kappa shape index (κ3) is 2.82. The minimum absolute atomic E-state index is 0.112. The van der Waals surface area contributed by atoms with Crippen molar-refractivity contribution < 1.29 is 13.2 Å². The van der Waals surface area contributed by atoms with Gasteiger partial charge in [-0.05, 0) is 36.7 Å². The second-order valence-electron chi connectivity index (χ2n) is 4.52. The van der Waals surface area contributed by atoms with Crippen molar-refractivity contribution in [2.45, 2.75) is 19.9 Å². The number of hydrogen-bond acceptors (Lipinski definition) is 2. The molecule has 1 unspecified atom stereocenters. The first-order chi connectivity index (χ1) is 9.54. The Balaban J connectivity index is 2.57. The van der Waals surface area contributed by atoms with Crippen LogP contribution in [0.1, 0.15) is 29.7 Å². The van der Waals surface area contributed by atoms with E-state index >= 15 is 0 Å². The lowest BCUT2D eigenvalue weighted by atomic mass is 9.97. The Morgan fingerprint density at radius 3 is 2.60 bits per heavy atom. The predicted octanol–water partition coefficient (Wildman–Crippen LogP) is 3.51. The molecule has 1 aromatic heterocycles. The molecule has 0 aliphatic carbocycles. The average Bonchev–Trinajstić information content (AvgIpc) is 2.42. The number of rotatable bonds is 4. The van der Waals surface area contributed by atoms with Crippen molar-refractivity contribution in [3.05, 3.63) is 64.7 Å². The molecule has 2 rings (SSSR count). The zero-order valence-corrected chi connectivity index (χ0v) is 11.3. The van der Waals surface area contributed by atoms with Crippen LogP contribution >= 0.6 is 0 Å². The number of hydrogen-bond donors (Lipinski definition) is 1. The van der Waals surface area contributed by atoms with Crippen LogP contribution in [0.5, 0.6) is 0 Å². The molecule has 0 saturated carbocycles. The highest BCUT2D eigenvalue weighted by Gasteiger charge is 2.23. The molecule has 0 aliphatic rings. The maximum atomic E-state index is 14.2. The molecule has 0 radical (unpaired) electrons. The second kappa shape index (κ2) is 6.05. The number of nitrogens with zero attached hydrogens (tertiary/aromatic N) is 1. The molecule has 20 heavy (non-hydrogen) atoms. The van der Waals surface area contributed by atoms with Crippen LogP contribution in [-0.2, 0) is 0 Å². The summed E-state index contributed by atoms with van der Waals surface area (Å²) in [7, 11) is 0. The summed E-state index contributed by atoms with van der Waals surface area (Å²) in [6.45, 7) is 3.85. The van der Waals surface area contributed by atoms with Crippen LogP contribution < -0.4 is 5.32 Å². The molecule has 1 atom stereocenters. The first-order valence-corrected chi connectivity index (χ1v) is 6.33. The lowest BCUT2D eigenvalue weighted by Crippen LogP contribution is -2.24. The summed E-state index contributed by atoms with van der Waals surface area (Å²) in [5.41, 5.74) is 0.614. The summed E-state index contributed by atoms with van der Waals surface area (Å²) in [5.74, 6) is -1.83. The fourth-order valence-electron chi connectivity index (χ4n) is 2.12. The fourth-order valence-corrected chi connectivity index (χ4v) is 2.12. The van der Waals surface area contributed by atoms with Crippen LogP contribution in [0.25, 0.3) is 0 Å². The number of aromatic nitrogens is 1. The van der Waals surface area contributed by atoms with Crippen molar-refractivity contribution in [2.24, 2.45) is 0 Å². The van der Waals surface area contributed by atoms with Gasteiger partial charge in [0, 0.05) is 11.8 Å². The highest BCUT2D eigenvalue weighted by molar-refractivity contribution is 5.35. The van der Waals surface area contributed by atoms with E-state index in [4.69, 9.17) is 0 Å². The lowest BCUT2D eigenvalue weighted by Gasteiger charge is -2.20. The van der Waals surface area contributed by atoms with Crippen molar-refractivity contribution in [3.8, 4) is 0 Å². The van der Waals surface area contributed by atoms with E-state index in [9.17, 15) is 13.2 Å². The number of pyridine rings is 1. The smallest absolute Gasteiger partial charge is 0.141 e. The summed E-state index contributed by atoms with van der Waals surface area (Å²) in [6.07, 6.45) is 2.45. The van der Waals surface area contributed by atoms with Crippen LogP contribution in [0.15, 0.2) is 30.6 Å². The van der Waals surface area contributed by atoms with Gasteiger partial charge in [-0.1, -0.05) is 13.0 Å². The maximum Gasteiger partial charge on any atom is 0.141 e. The van der Waals surface area contributed by atoms with Gasteiger partial charge < -0.3 is 5.32 Å². The van der Waals surface area contributed by atoms with Crippen molar-refractivity contribution in [1.29, 1.82) is 0 Å². The quantitative estimate of drug-likeness (QED) is 0.927. The number of aryl methyl sites for hydroxylation is 1. The third-order valence-corrected chi connectivity index (χ3v) is 3.08. The zero-order chi connectivity index (χ0) is 14.7. The van der Waals surface area contributed by atoms with E-state index in [1.165, 1.54) is 24.4 Å². The lowest BCUT2D eigenvalue weighted by molar-refractivity contribution is 0.503. The number of halogens is 3. The van der Waals surface area contributed by atoms with Crippen LogP contribution in [0.3, 0.4) is 0 Å². The Morgan fingerprint density at radius 1 is 1.20 bits per heavy atom. The molecule has 5 heteroatoms. The molecule has 1 N–H and O–H groups in total. The highest BCUT2D eigenvalue weighted by Crippen LogP contribution is 2.28. The van der Waals surface area contributed by atoms with Crippen LogP contribution in [-0.4, -0.2) is 11.5 Å². The summed E-state index contributed by atoms with van der Waals surface area (Å²) >= 11 is 0. The van der Waals surface area contributed by atoms with Gasteiger partial charge in [0.15, 0.2) is 0 Å². The molecular weight excluding hydrogens is 265 g/mol. The SMILES string of the molecule is CCNC(c1cncc(F)c1)c1c(F)ccc(C)c1F. The fraction of sp³-hybridized carbons (Fsp3) is 0.267. The summed E-state index contributed by atoms with van der Waals surface area (Å²) in [4.78, 5) is 3.73. The van der Waals surface area contributed by atoms with E-state index in [0.29, 0.717) is 17.7 Å². The first kappa shape index (κ1) is 14.5. The first-order valence-electron chi connectivity index (χ1n) is 6.33. The number of nitrogens with one attached hydrogen (secondary N) is 1. The molecule has 0 spiro atoms. The van der Waals surface area contributed by atoms with Crippen LogP contribution in [0.4, 0.5) is 13.2 Å². The molecule has 0 fully saturated rings. The van der Waals surface area contributed by atoms with Gasteiger partial charge in [-0.2, -0.15) is 0 Å². The van der Waals surface area contributed by atoms with Gasteiger partial charge in [0.25, 0.3) is 0 Å². The second-order valence-corrected chi connectivity index (χ2v) is 4.52. The molecule has 2 nitrogen and oxygen atoms in total. The van der Waals surface area contributed by atoms with Crippen molar-refractivity contribution in [3.63, 3.8) is 0 Å². The molecule has 0 aliphatic heterocycles. The average molecular weight is 280 g/mol. The molecule has 2 aromatic rings. The van der Waals surface area contributed by atoms with E-state index < -0.39 is 23.5 Å². The Morgan fingerprint density at radius 2 is 1.95 bits per heavy atom. The van der Waals surface area contributed by atoms with Crippen LogP contribution in [0, 0.1) is 24.4 Å². The van der Waals surface area contributed by atoms with Gasteiger partial charge in [-0.25, -0.2) is 13.2 Å². The molecule has 0 saturated heterocycles. The maximum absolute atomic E-state index is 14.2. The minimum atomic E-state index is -0.775. The standard InChI is InChI=1S/C15H15F3N2/c1-3-20-15(10-6-11(16)8-19-7-10)13-12(17)5-4-9(2)14(13)18/h4-8,15,20H,3H2,1-2H3. The molecule has 106 valence electrons. The van der Waals surface area contributed by atoms with E-state index in [-0.39, 0.29) is 5.56 Å². The topological polar surface area (TPSA) is 24.9 Å².